The molecular weight excluding hydrogens is 250 g/mol. The van der Waals surface area contributed by atoms with Crippen LogP contribution >= 0.6 is 23.6 Å². The fraction of sp³-hybridized carbons (Fsp3) is 0.667. The molecule has 5 heteroatoms. The molecule has 0 spiro atoms. The van der Waals surface area contributed by atoms with E-state index in [4.69, 9.17) is 18.0 Å². The van der Waals surface area contributed by atoms with Gasteiger partial charge in [-0.1, -0.05) is 19.1 Å². The molecule has 1 fully saturated rings. The summed E-state index contributed by atoms with van der Waals surface area (Å²) >= 11 is 6.73. The van der Waals surface area contributed by atoms with Gasteiger partial charge in [0, 0.05) is 13.0 Å². The molecule has 0 amide bonds. The van der Waals surface area contributed by atoms with Gasteiger partial charge in [0.05, 0.1) is 15.6 Å². The van der Waals surface area contributed by atoms with Gasteiger partial charge in [-0.2, -0.15) is 0 Å². The molecule has 1 aliphatic rings. The van der Waals surface area contributed by atoms with E-state index < -0.39 is 0 Å². The number of likely N-dealkylation sites (tertiary alicyclic amines) is 1. The Kier molecular flexibility index (Phi) is 4.48. The molecule has 0 atom stereocenters. The molecule has 0 aromatic carbocycles. The Morgan fingerprint density at radius 1 is 1.47 bits per heavy atom. The first-order valence-electron chi connectivity index (χ1n) is 6.21. The summed E-state index contributed by atoms with van der Waals surface area (Å²) in [5, 5.41) is 1.18. The maximum Gasteiger partial charge on any atom is 0.116 e. The molecule has 1 aromatic heterocycles. The molecule has 2 N–H and O–H groups in total. The van der Waals surface area contributed by atoms with E-state index in [9.17, 15) is 0 Å². The van der Waals surface area contributed by atoms with E-state index in [1.807, 2.05) is 0 Å². The third kappa shape index (κ3) is 3.24. The average Bonchev–Trinajstić information content (AvgIpc) is 2.95. The number of aromatic nitrogens is 1. The first kappa shape index (κ1) is 12.9. The second-order valence-corrected chi connectivity index (χ2v) is 5.92. The molecule has 0 bridgehead atoms. The van der Waals surface area contributed by atoms with E-state index in [0.29, 0.717) is 4.99 Å². The summed E-state index contributed by atoms with van der Waals surface area (Å²) in [5.41, 5.74) is 6.78. The minimum atomic E-state index is 0.492. The minimum Gasteiger partial charge on any atom is -0.389 e. The summed E-state index contributed by atoms with van der Waals surface area (Å²) in [4.78, 5) is 8.65. The molecule has 17 heavy (non-hydrogen) atoms. The highest BCUT2D eigenvalue weighted by Gasteiger charge is 2.15. The molecule has 94 valence electrons. The summed E-state index contributed by atoms with van der Waals surface area (Å²) in [6.07, 6.45) is 4.62. The fourth-order valence-corrected chi connectivity index (χ4v) is 3.44. The van der Waals surface area contributed by atoms with Crippen molar-refractivity contribution in [2.75, 3.05) is 19.6 Å². The molecule has 0 aliphatic carbocycles. The number of hydrogen-bond acceptors (Lipinski definition) is 4. The zero-order chi connectivity index (χ0) is 12.3. The largest absolute Gasteiger partial charge is 0.389 e. The van der Waals surface area contributed by atoms with Crippen LogP contribution in [0.2, 0.25) is 0 Å². The maximum atomic E-state index is 5.71. The molecular formula is C12H19N3S2. The molecule has 1 aromatic rings. The molecule has 2 heterocycles. The highest BCUT2D eigenvalue weighted by atomic mass is 32.1. The summed E-state index contributed by atoms with van der Waals surface area (Å²) in [6, 6.07) is 0. The second kappa shape index (κ2) is 5.89. The van der Waals surface area contributed by atoms with Crippen molar-refractivity contribution in [3.8, 4) is 0 Å². The molecule has 0 saturated carbocycles. The molecule has 1 aliphatic heterocycles. The second-order valence-electron chi connectivity index (χ2n) is 4.40. The molecule has 0 unspecified atom stereocenters. The van der Waals surface area contributed by atoms with Crippen LogP contribution in [0.25, 0.3) is 0 Å². The van der Waals surface area contributed by atoms with Gasteiger partial charge in [0.15, 0.2) is 0 Å². The lowest BCUT2D eigenvalue weighted by Crippen LogP contribution is -2.21. The number of nitrogens with two attached hydrogens (primary N) is 1. The minimum absolute atomic E-state index is 0.492. The van der Waals surface area contributed by atoms with E-state index in [0.717, 1.165) is 30.0 Å². The van der Waals surface area contributed by atoms with Crippen molar-refractivity contribution in [2.24, 2.45) is 5.73 Å². The SMILES string of the molecule is CCc1nc(CCN2CCCC2)sc1C(N)=S. The van der Waals surface area contributed by atoms with Gasteiger partial charge < -0.3 is 10.6 Å². The molecule has 1 saturated heterocycles. The Bertz CT molecular complexity index is 394. The van der Waals surface area contributed by atoms with Crippen LogP contribution in [-0.4, -0.2) is 34.5 Å². The zero-order valence-corrected chi connectivity index (χ0v) is 11.9. The molecule has 0 radical (unpaired) electrons. The van der Waals surface area contributed by atoms with E-state index in [-0.39, 0.29) is 0 Å². The van der Waals surface area contributed by atoms with Crippen molar-refractivity contribution in [3.05, 3.63) is 15.6 Å². The predicted octanol–water partition coefficient (Wildman–Crippen LogP) is 1.98. The van der Waals surface area contributed by atoms with Crippen molar-refractivity contribution < 1.29 is 0 Å². The van der Waals surface area contributed by atoms with Gasteiger partial charge in [0.25, 0.3) is 0 Å². The Morgan fingerprint density at radius 2 is 2.18 bits per heavy atom. The Hall–Kier alpha value is -0.520. The van der Waals surface area contributed by atoms with Crippen LogP contribution in [0.1, 0.15) is 35.3 Å². The summed E-state index contributed by atoms with van der Waals surface area (Å²) in [7, 11) is 0. The van der Waals surface area contributed by atoms with Crippen LogP contribution in [0.15, 0.2) is 0 Å². The van der Waals surface area contributed by atoms with Gasteiger partial charge in [0.2, 0.25) is 0 Å². The van der Waals surface area contributed by atoms with Crippen molar-refractivity contribution in [1.29, 1.82) is 0 Å². The monoisotopic (exact) mass is 269 g/mol. The number of hydrogen-bond donors (Lipinski definition) is 1. The Balaban J connectivity index is 1.98. The summed E-state index contributed by atoms with van der Waals surface area (Å²) in [6.45, 7) is 5.71. The predicted molar refractivity (Wildman–Crippen MR) is 76.8 cm³/mol. The first-order valence-corrected chi connectivity index (χ1v) is 7.44. The quantitative estimate of drug-likeness (QED) is 0.830. The van der Waals surface area contributed by atoms with Gasteiger partial charge in [-0.05, 0) is 32.4 Å². The Labute approximate surface area is 112 Å². The maximum absolute atomic E-state index is 5.71. The summed E-state index contributed by atoms with van der Waals surface area (Å²) < 4.78 is 0. The smallest absolute Gasteiger partial charge is 0.116 e. The number of thiazole rings is 1. The highest BCUT2D eigenvalue weighted by Crippen LogP contribution is 2.20. The standard InChI is InChI=1S/C12H19N3S2/c1-2-9-11(12(13)16)17-10(14-9)5-8-15-6-3-4-7-15/h2-8H2,1H3,(H2,13,16). The van der Waals surface area contributed by atoms with Crippen LogP contribution in [0.4, 0.5) is 0 Å². The van der Waals surface area contributed by atoms with Crippen molar-refractivity contribution in [2.45, 2.75) is 32.6 Å². The van der Waals surface area contributed by atoms with Crippen molar-refractivity contribution in [3.63, 3.8) is 0 Å². The third-order valence-electron chi connectivity index (χ3n) is 3.14. The number of thiocarbonyl (C=S) groups is 1. The number of nitrogens with zero attached hydrogens (tertiary/aromatic N) is 2. The first-order chi connectivity index (χ1) is 8.20. The Morgan fingerprint density at radius 3 is 2.71 bits per heavy atom. The van der Waals surface area contributed by atoms with Crippen molar-refractivity contribution >= 4 is 28.5 Å². The van der Waals surface area contributed by atoms with E-state index in [2.05, 4.69) is 16.8 Å². The van der Waals surface area contributed by atoms with Crippen LogP contribution in [-0.2, 0) is 12.8 Å². The molecule has 2 rings (SSSR count). The van der Waals surface area contributed by atoms with Gasteiger partial charge in [-0.25, -0.2) is 4.98 Å². The van der Waals surface area contributed by atoms with Gasteiger partial charge in [-0.3, -0.25) is 0 Å². The third-order valence-corrected chi connectivity index (χ3v) is 4.66. The fourth-order valence-electron chi connectivity index (χ4n) is 2.20. The van der Waals surface area contributed by atoms with E-state index >= 15 is 0 Å². The van der Waals surface area contributed by atoms with E-state index in [1.165, 1.54) is 30.9 Å². The lowest BCUT2D eigenvalue weighted by atomic mass is 10.3. The normalized spacial score (nSPS) is 16.5. The highest BCUT2D eigenvalue weighted by molar-refractivity contribution is 7.81. The van der Waals surface area contributed by atoms with Gasteiger partial charge in [0.1, 0.15) is 4.99 Å². The average molecular weight is 269 g/mol. The number of aryl methyl sites for hydroxylation is 1. The van der Waals surface area contributed by atoms with E-state index in [1.54, 1.807) is 11.3 Å². The molecule has 3 nitrogen and oxygen atoms in total. The zero-order valence-electron chi connectivity index (χ0n) is 10.2. The van der Waals surface area contributed by atoms with Crippen LogP contribution < -0.4 is 5.73 Å². The van der Waals surface area contributed by atoms with Crippen LogP contribution in [0.5, 0.6) is 0 Å². The van der Waals surface area contributed by atoms with Gasteiger partial charge in [-0.15, -0.1) is 11.3 Å². The lowest BCUT2D eigenvalue weighted by Gasteiger charge is -2.12. The van der Waals surface area contributed by atoms with Crippen LogP contribution in [0, 0.1) is 0 Å². The van der Waals surface area contributed by atoms with Crippen molar-refractivity contribution in [1.82, 2.24) is 9.88 Å². The topological polar surface area (TPSA) is 42.2 Å². The summed E-state index contributed by atoms with van der Waals surface area (Å²) in [5.74, 6) is 0. The van der Waals surface area contributed by atoms with Crippen LogP contribution in [0.3, 0.4) is 0 Å². The number of rotatable bonds is 5. The lowest BCUT2D eigenvalue weighted by molar-refractivity contribution is 0.343. The van der Waals surface area contributed by atoms with Gasteiger partial charge >= 0.3 is 0 Å².